The highest BCUT2D eigenvalue weighted by Crippen LogP contribution is 2.42. The van der Waals surface area contributed by atoms with Gasteiger partial charge in [0.2, 0.25) is 11.8 Å². The van der Waals surface area contributed by atoms with Crippen molar-refractivity contribution in [1.82, 2.24) is 10.2 Å². The summed E-state index contributed by atoms with van der Waals surface area (Å²) >= 11 is 0. The fourth-order valence-corrected chi connectivity index (χ4v) is 6.07. The van der Waals surface area contributed by atoms with Gasteiger partial charge in [-0.3, -0.25) is 13.9 Å². The van der Waals surface area contributed by atoms with E-state index in [0.717, 1.165) is 5.39 Å². The highest BCUT2D eigenvalue weighted by Gasteiger charge is 2.35. The van der Waals surface area contributed by atoms with Crippen LogP contribution in [0.25, 0.3) is 10.8 Å². The first kappa shape index (κ1) is 23.7. The maximum Gasteiger partial charge on any atom is 0.265 e. The van der Waals surface area contributed by atoms with Gasteiger partial charge in [0.25, 0.3) is 10.0 Å². The van der Waals surface area contributed by atoms with Crippen LogP contribution in [0.2, 0.25) is 0 Å². The number of nitrogens with zero attached hydrogens (tertiary/aromatic N) is 2. The SMILES string of the molecule is CNC(=O)[C@@H](C)N(Cc1ccccc1F)C(=O)CCCN1c2cccc3cccc(c23)S1(=O)=O. The maximum atomic E-state index is 14.2. The Hall–Kier alpha value is -3.46. The molecule has 0 aliphatic carbocycles. The van der Waals surface area contributed by atoms with Crippen molar-refractivity contribution in [2.75, 3.05) is 17.9 Å². The third-order valence-electron chi connectivity index (χ3n) is 6.15. The van der Waals surface area contributed by atoms with E-state index in [4.69, 9.17) is 0 Å². The summed E-state index contributed by atoms with van der Waals surface area (Å²) in [6.07, 6.45) is 0.255. The zero-order valence-electron chi connectivity index (χ0n) is 19.0. The van der Waals surface area contributed by atoms with Gasteiger partial charge in [0.15, 0.2) is 0 Å². The Labute approximate surface area is 198 Å². The zero-order valence-corrected chi connectivity index (χ0v) is 19.8. The van der Waals surface area contributed by atoms with Crippen LogP contribution in [0.15, 0.2) is 65.6 Å². The van der Waals surface area contributed by atoms with E-state index in [1.165, 1.54) is 22.3 Å². The summed E-state index contributed by atoms with van der Waals surface area (Å²) in [5, 5.41) is 4.05. The Bertz CT molecular complexity index is 1350. The summed E-state index contributed by atoms with van der Waals surface area (Å²) in [5.74, 6) is -1.18. The lowest BCUT2D eigenvalue weighted by Crippen LogP contribution is -2.47. The number of rotatable bonds is 8. The molecule has 0 unspecified atom stereocenters. The average molecular weight is 484 g/mol. The monoisotopic (exact) mass is 483 g/mol. The number of hydrogen-bond acceptors (Lipinski definition) is 4. The van der Waals surface area contributed by atoms with Crippen LogP contribution in [0, 0.1) is 5.82 Å². The van der Waals surface area contributed by atoms with Gasteiger partial charge in [-0.15, -0.1) is 0 Å². The third-order valence-corrected chi connectivity index (χ3v) is 8.00. The lowest BCUT2D eigenvalue weighted by atomic mass is 10.1. The van der Waals surface area contributed by atoms with Gasteiger partial charge in [0, 0.05) is 37.5 Å². The molecule has 0 fully saturated rings. The molecule has 0 bridgehead atoms. The maximum absolute atomic E-state index is 14.2. The number of hydrogen-bond donors (Lipinski definition) is 1. The quantitative estimate of drug-likeness (QED) is 0.532. The molecule has 3 aromatic rings. The molecule has 0 aromatic heterocycles. The Kier molecular flexibility index (Phi) is 6.56. The van der Waals surface area contributed by atoms with Crippen LogP contribution < -0.4 is 9.62 Å². The van der Waals surface area contributed by atoms with Gasteiger partial charge in [0.05, 0.1) is 10.6 Å². The molecule has 0 radical (unpaired) electrons. The number of nitrogens with one attached hydrogen (secondary N) is 1. The number of carbonyl (C=O) groups excluding carboxylic acids is 2. The molecule has 9 heteroatoms. The van der Waals surface area contributed by atoms with Gasteiger partial charge in [-0.2, -0.15) is 0 Å². The van der Waals surface area contributed by atoms with E-state index < -0.39 is 21.9 Å². The number of amides is 2. The molecule has 1 N–H and O–H groups in total. The average Bonchev–Trinajstić information content (AvgIpc) is 3.05. The van der Waals surface area contributed by atoms with Crippen LogP contribution in [0.3, 0.4) is 0 Å². The van der Waals surface area contributed by atoms with Crippen molar-refractivity contribution < 1.29 is 22.4 Å². The molecule has 0 spiro atoms. The minimum Gasteiger partial charge on any atom is -0.357 e. The van der Waals surface area contributed by atoms with E-state index in [-0.39, 0.29) is 42.6 Å². The number of halogens is 1. The largest absolute Gasteiger partial charge is 0.357 e. The molecule has 1 atom stereocenters. The van der Waals surface area contributed by atoms with E-state index in [1.54, 1.807) is 43.3 Å². The normalized spacial score (nSPS) is 14.7. The van der Waals surface area contributed by atoms with E-state index in [1.807, 2.05) is 18.2 Å². The first-order valence-corrected chi connectivity index (χ1v) is 12.5. The number of anilines is 1. The third kappa shape index (κ3) is 4.23. The van der Waals surface area contributed by atoms with Crippen LogP contribution in [0.5, 0.6) is 0 Å². The molecule has 3 aromatic carbocycles. The van der Waals surface area contributed by atoms with Gasteiger partial charge in [0.1, 0.15) is 11.9 Å². The Morgan fingerprint density at radius 2 is 1.76 bits per heavy atom. The lowest BCUT2D eigenvalue weighted by molar-refractivity contribution is -0.140. The van der Waals surface area contributed by atoms with Gasteiger partial charge in [-0.05, 0) is 36.9 Å². The van der Waals surface area contributed by atoms with Gasteiger partial charge >= 0.3 is 0 Å². The molecule has 4 rings (SSSR count). The number of sulfonamides is 1. The van der Waals surface area contributed by atoms with Gasteiger partial charge in [-0.1, -0.05) is 42.5 Å². The van der Waals surface area contributed by atoms with Crippen molar-refractivity contribution in [1.29, 1.82) is 0 Å². The molecule has 0 saturated carbocycles. The predicted molar refractivity (Wildman–Crippen MR) is 128 cm³/mol. The van der Waals surface area contributed by atoms with Crippen LogP contribution in [0.1, 0.15) is 25.3 Å². The molecular weight excluding hydrogens is 457 g/mol. The van der Waals surface area contributed by atoms with E-state index in [0.29, 0.717) is 16.6 Å². The van der Waals surface area contributed by atoms with Crippen molar-refractivity contribution in [2.45, 2.75) is 37.2 Å². The highest BCUT2D eigenvalue weighted by molar-refractivity contribution is 7.93. The summed E-state index contributed by atoms with van der Waals surface area (Å²) in [7, 11) is -2.24. The molecule has 1 aliphatic rings. The number of benzene rings is 3. The topological polar surface area (TPSA) is 86.8 Å². The Morgan fingerprint density at radius 3 is 2.47 bits per heavy atom. The summed E-state index contributed by atoms with van der Waals surface area (Å²) < 4.78 is 41.8. The fraction of sp³-hybridized carbons (Fsp3) is 0.280. The van der Waals surface area contributed by atoms with E-state index >= 15 is 0 Å². The smallest absolute Gasteiger partial charge is 0.265 e. The number of carbonyl (C=O) groups is 2. The predicted octanol–water partition coefficient (Wildman–Crippen LogP) is 3.43. The molecule has 178 valence electrons. The van der Waals surface area contributed by atoms with Crippen molar-refractivity contribution in [2.24, 2.45) is 0 Å². The first-order valence-electron chi connectivity index (χ1n) is 11.0. The molecule has 34 heavy (non-hydrogen) atoms. The molecule has 1 heterocycles. The van der Waals surface area contributed by atoms with Crippen LogP contribution in [0.4, 0.5) is 10.1 Å². The fourth-order valence-electron chi connectivity index (χ4n) is 4.32. The van der Waals surface area contributed by atoms with Gasteiger partial charge in [-0.25, -0.2) is 12.8 Å². The van der Waals surface area contributed by atoms with Crippen LogP contribution in [-0.4, -0.2) is 44.8 Å². The van der Waals surface area contributed by atoms with Crippen molar-refractivity contribution in [3.8, 4) is 0 Å². The molecule has 0 saturated heterocycles. The summed E-state index contributed by atoms with van der Waals surface area (Å²) in [5.41, 5.74) is 0.901. The molecule has 2 amide bonds. The Balaban J connectivity index is 1.51. The molecule has 1 aliphatic heterocycles. The second kappa shape index (κ2) is 9.42. The number of likely N-dealkylation sites (N-methyl/N-ethyl adjacent to an activating group) is 1. The molecule has 7 nitrogen and oxygen atoms in total. The van der Waals surface area contributed by atoms with Crippen molar-refractivity contribution in [3.05, 3.63) is 72.0 Å². The van der Waals surface area contributed by atoms with Crippen molar-refractivity contribution in [3.63, 3.8) is 0 Å². The molecular formula is C25H26FN3O4S. The van der Waals surface area contributed by atoms with Crippen LogP contribution in [-0.2, 0) is 26.2 Å². The van der Waals surface area contributed by atoms with E-state index in [2.05, 4.69) is 5.32 Å². The highest BCUT2D eigenvalue weighted by atomic mass is 32.2. The summed E-state index contributed by atoms with van der Waals surface area (Å²) in [6, 6.07) is 15.9. The zero-order chi connectivity index (χ0) is 24.5. The Morgan fingerprint density at radius 1 is 1.06 bits per heavy atom. The van der Waals surface area contributed by atoms with Crippen LogP contribution >= 0.6 is 0 Å². The van der Waals surface area contributed by atoms with Gasteiger partial charge < -0.3 is 10.2 Å². The minimum atomic E-state index is -3.71. The first-order chi connectivity index (χ1) is 16.3. The minimum absolute atomic E-state index is 0.00806. The van der Waals surface area contributed by atoms with Crippen molar-refractivity contribution >= 4 is 38.3 Å². The standard InChI is InChI=1S/C25H26FN3O4S/c1-17(25(31)27-2)28(16-19-8-3-4-11-20(19)26)23(30)14-7-15-29-21-12-5-9-18-10-6-13-22(24(18)21)34(29,32)33/h3-6,8-13,17H,7,14-16H2,1-2H3,(H,27,31)/t17-/m1/s1. The second-order valence-corrected chi connectivity index (χ2v) is 10.0. The summed E-state index contributed by atoms with van der Waals surface area (Å²) in [4.78, 5) is 27.0. The lowest BCUT2D eigenvalue weighted by Gasteiger charge is -2.29. The van der Waals surface area contributed by atoms with E-state index in [9.17, 15) is 22.4 Å². The summed E-state index contributed by atoms with van der Waals surface area (Å²) in [6.45, 7) is 1.64. The second-order valence-electron chi connectivity index (χ2n) is 8.22.